The van der Waals surface area contributed by atoms with Crippen molar-refractivity contribution in [2.45, 2.75) is 24.9 Å². The van der Waals surface area contributed by atoms with E-state index in [4.69, 9.17) is 4.98 Å². The number of nitrogens with zero attached hydrogens (tertiary/aromatic N) is 2. The molecule has 0 bridgehead atoms. The molecule has 0 atom stereocenters. The summed E-state index contributed by atoms with van der Waals surface area (Å²) in [6.45, 7) is 4.14. The van der Waals surface area contributed by atoms with E-state index in [1.807, 2.05) is 36.4 Å². The second kappa shape index (κ2) is 9.36. The number of fused-ring (bicyclic) bond motifs is 1. The Morgan fingerprint density at radius 2 is 1.72 bits per heavy atom. The van der Waals surface area contributed by atoms with Gasteiger partial charge in [-0.05, 0) is 53.9 Å². The van der Waals surface area contributed by atoms with Crippen molar-refractivity contribution in [3.63, 3.8) is 0 Å². The summed E-state index contributed by atoms with van der Waals surface area (Å²) < 4.78 is 14.7. The Balaban J connectivity index is 1.72. The number of para-hydroxylation sites is 2. The highest BCUT2D eigenvalue weighted by Crippen LogP contribution is 2.27. The van der Waals surface area contributed by atoms with Gasteiger partial charge in [-0.15, -0.1) is 0 Å². The van der Waals surface area contributed by atoms with Crippen molar-refractivity contribution in [2.75, 3.05) is 11.1 Å². The van der Waals surface area contributed by atoms with Gasteiger partial charge in [0.15, 0.2) is 5.16 Å². The van der Waals surface area contributed by atoms with Gasteiger partial charge in [0.2, 0.25) is 5.91 Å². The molecule has 1 aromatic heterocycles. The zero-order valence-electron chi connectivity index (χ0n) is 17.7. The Kier molecular flexibility index (Phi) is 6.37. The summed E-state index contributed by atoms with van der Waals surface area (Å²) in [4.78, 5) is 30.7. The van der Waals surface area contributed by atoms with Crippen LogP contribution in [0.15, 0.2) is 82.7 Å². The van der Waals surface area contributed by atoms with Gasteiger partial charge in [0, 0.05) is 5.69 Å². The fourth-order valence-electron chi connectivity index (χ4n) is 3.46. The topological polar surface area (TPSA) is 64.0 Å². The number of carbonyl (C=O) groups is 1. The molecule has 32 heavy (non-hydrogen) atoms. The van der Waals surface area contributed by atoms with Gasteiger partial charge in [0.25, 0.3) is 5.56 Å². The molecular weight excluding hydrogens is 425 g/mol. The predicted molar refractivity (Wildman–Crippen MR) is 127 cm³/mol. The second-order valence-corrected chi connectivity index (χ2v) is 8.55. The molecule has 4 rings (SSSR count). The Morgan fingerprint density at radius 1 is 1.03 bits per heavy atom. The van der Waals surface area contributed by atoms with E-state index in [0.29, 0.717) is 21.7 Å². The van der Waals surface area contributed by atoms with Crippen molar-refractivity contribution >= 4 is 34.3 Å². The van der Waals surface area contributed by atoms with Crippen molar-refractivity contribution in [1.82, 2.24) is 9.55 Å². The summed E-state index contributed by atoms with van der Waals surface area (Å²) in [5.74, 6) is -0.395. The number of benzene rings is 3. The van der Waals surface area contributed by atoms with Crippen LogP contribution in [0.3, 0.4) is 0 Å². The molecule has 0 aliphatic heterocycles. The number of carbonyl (C=O) groups excluding carboxylic acids is 1. The average molecular weight is 448 g/mol. The van der Waals surface area contributed by atoms with Crippen molar-refractivity contribution in [3.05, 3.63) is 94.5 Å². The van der Waals surface area contributed by atoms with Crippen LogP contribution in [0.1, 0.15) is 25.3 Å². The predicted octanol–water partition coefficient (Wildman–Crippen LogP) is 5.38. The van der Waals surface area contributed by atoms with Crippen molar-refractivity contribution in [3.8, 4) is 5.69 Å². The maximum absolute atomic E-state index is 13.5. The van der Waals surface area contributed by atoms with Crippen LogP contribution >= 0.6 is 11.8 Å². The van der Waals surface area contributed by atoms with E-state index >= 15 is 0 Å². The molecule has 1 heterocycles. The van der Waals surface area contributed by atoms with Crippen LogP contribution in [0.5, 0.6) is 0 Å². The molecule has 4 aromatic rings. The van der Waals surface area contributed by atoms with Crippen molar-refractivity contribution in [2.24, 2.45) is 0 Å². The lowest BCUT2D eigenvalue weighted by Gasteiger charge is -2.18. The van der Waals surface area contributed by atoms with E-state index in [2.05, 4.69) is 19.2 Å². The van der Waals surface area contributed by atoms with Crippen LogP contribution in [0, 0.1) is 5.82 Å². The van der Waals surface area contributed by atoms with Gasteiger partial charge < -0.3 is 5.32 Å². The summed E-state index contributed by atoms with van der Waals surface area (Å²) in [6.07, 6.45) is 0. The third-order valence-electron chi connectivity index (χ3n) is 5.00. The molecule has 3 aromatic carbocycles. The lowest BCUT2D eigenvalue weighted by atomic mass is 10.0. The highest BCUT2D eigenvalue weighted by molar-refractivity contribution is 7.99. The monoisotopic (exact) mass is 447 g/mol. The molecule has 162 valence electrons. The van der Waals surface area contributed by atoms with Crippen LogP contribution in [0.2, 0.25) is 0 Å². The number of hydrogen-bond acceptors (Lipinski definition) is 4. The molecule has 0 fully saturated rings. The molecule has 0 aliphatic carbocycles. The number of thioether (sulfide) groups is 1. The molecule has 0 aliphatic rings. The van der Waals surface area contributed by atoms with Gasteiger partial charge in [0.05, 0.1) is 22.3 Å². The third-order valence-corrected chi connectivity index (χ3v) is 5.94. The molecule has 1 N–H and O–H groups in total. The van der Waals surface area contributed by atoms with Crippen LogP contribution in [0.4, 0.5) is 10.1 Å². The maximum atomic E-state index is 13.5. The first kappa shape index (κ1) is 21.8. The summed E-state index contributed by atoms with van der Waals surface area (Å²) in [7, 11) is 0. The molecule has 7 heteroatoms. The van der Waals surface area contributed by atoms with Gasteiger partial charge in [0.1, 0.15) is 5.82 Å². The minimum Gasteiger partial charge on any atom is -0.325 e. The fraction of sp³-hybridized carbons (Fsp3) is 0.160. The molecular formula is C25H22FN3O2S. The number of hydrogen-bond donors (Lipinski definition) is 1. The normalized spacial score (nSPS) is 11.1. The Hall–Kier alpha value is -3.45. The summed E-state index contributed by atoms with van der Waals surface area (Å²) >= 11 is 1.19. The first-order chi connectivity index (χ1) is 15.4. The van der Waals surface area contributed by atoms with E-state index in [0.717, 1.165) is 11.3 Å². The molecule has 0 radical (unpaired) electrons. The SMILES string of the molecule is CC(C)c1ccccc1-n1c(SCC(=O)Nc2ccc(F)cc2)nc2ccccc2c1=O. The number of rotatable bonds is 6. The Labute approximate surface area is 189 Å². The number of nitrogens with one attached hydrogen (secondary N) is 1. The van der Waals surface area contributed by atoms with Crippen LogP contribution in [-0.2, 0) is 4.79 Å². The molecule has 5 nitrogen and oxygen atoms in total. The first-order valence-electron chi connectivity index (χ1n) is 10.2. The van der Waals surface area contributed by atoms with E-state index in [-0.39, 0.29) is 29.0 Å². The smallest absolute Gasteiger partial charge is 0.266 e. The van der Waals surface area contributed by atoms with Gasteiger partial charge in [-0.1, -0.05) is 55.9 Å². The summed E-state index contributed by atoms with van der Waals surface area (Å²) in [5.41, 5.74) is 2.69. The lowest BCUT2D eigenvalue weighted by molar-refractivity contribution is -0.113. The zero-order chi connectivity index (χ0) is 22.7. The molecule has 0 unspecified atom stereocenters. The first-order valence-corrected chi connectivity index (χ1v) is 11.2. The minimum absolute atomic E-state index is 0.0476. The zero-order valence-corrected chi connectivity index (χ0v) is 18.5. The maximum Gasteiger partial charge on any atom is 0.266 e. The van der Waals surface area contributed by atoms with E-state index in [1.54, 1.807) is 16.7 Å². The molecule has 0 saturated heterocycles. The van der Waals surface area contributed by atoms with Gasteiger partial charge in [-0.2, -0.15) is 0 Å². The number of amides is 1. The average Bonchev–Trinajstić information content (AvgIpc) is 2.79. The largest absolute Gasteiger partial charge is 0.325 e. The second-order valence-electron chi connectivity index (χ2n) is 7.61. The quantitative estimate of drug-likeness (QED) is 0.318. The molecule has 0 spiro atoms. The van der Waals surface area contributed by atoms with Crippen molar-refractivity contribution < 1.29 is 9.18 Å². The standard InChI is InChI=1S/C25H22FN3O2S/c1-16(2)19-7-4-6-10-22(19)29-24(31)20-8-3-5-9-21(20)28-25(29)32-15-23(30)27-18-13-11-17(26)12-14-18/h3-14,16H,15H2,1-2H3,(H,27,30). The highest BCUT2D eigenvalue weighted by atomic mass is 32.2. The van der Waals surface area contributed by atoms with Crippen LogP contribution < -0.4 is 10.9 Å². The Bertz CT molecular complexity index is 1330. The van der Waals surface area contributed by atoms with Gasteiger partial charge >= 0.3 is 0 Å². The van der Waals surface area contributed by atoms with Crippen LogP contribution in [-0.4, -0.2) is 21.2 Å². The fourth-order valence-corrected chi connectivity index (χ4v) is 4.27. The number of anilines is 1. The summed E-state index contributed by atoms with van der Waals surface area (Å²) in [6, 6.07) is 20.5. The minimum atomic E-state index is -0.370. The third kappa shape index (κ3) is 4.57. The lowest BCUT2D eigenvalue weighted by Crippen LogP contribution is -2.24. The molecule has 0 saturated carbocycles. The molecule has 1 amide bonds. The van der Waals surface area contributed by atoms with Gasteiger partial charge in [-0.25, -0.2) is 9.37 Å². The van der Waals surface area contributed by atoms with E-state index in [9.17, 15) is 14.0 Å². The summed E-state index contributed by atoms with van der Waals surface area (Å²) in [5, 5.41) is 3.70. The number of halogens is 1. The van der Waals surface area contributed by atoms with Crippen molar-refractivity contribution in [1.29, 1.82) is 0 Å². The number of aromatic nitrogens is 2. The highest BCUT2D eigenvalue weighted by Gasteiger charge is 2.18. The van der Waals surface area contributed by atoms with E-state index < -0.39 is 0 Å². The Morgan fingerprint density at radius 3 is 2.47 bits per heavy atom. The van der Waals surface area contributed by atoms with Gasteiger partial charge in [-0.3, -0.25) is 14.2 Å². The van der Waals surface area contributed by atoms with E-state index in [1.165, 1.54) is 36.0 Å². The van der Waals surface area contributed by atoms with Crippen LogP contribution in [0.25, 0.3) is 16.6 Å².